The fraction of sp³-hybridized carbons (Fsp3) is 0.364. The smallest absolute Gasteiger partial charge is 0.119 e. The molecule has 0 N–H and O–H groups in total. The summed E-state index contributed by atoms with van der Waals surface area (Å²) < 4.78 is 5.33. The van der Waals surface area contributed by atoms with Gasteiger partial charge in [0.1, 0.15) is 5.75 Å². The molecule has 65 valence electrons. The van der Waals surface area contributed by atoms with Crippen molar-refractivity contribution in [1.82, 2.24) is 0 Å². The molecule has 1 nitrogen and oxygen atoms in total. The van der Waals surface area contributed by atoms with Crippen molar-refractivity contribution < 1.29 is 4.74 Å². The molecule has 1 heteroatoms. The summed E-state index contributed by atoms with van der Waals surface area (Å²) in [5.74, 6) is 0.956. The normalized spacial score (nSPS) is 9.83. The zero-order valence-electron chi connectivity index (χ0n) is 7.71. The topological polar surface area (TPSA) is 9.23 Å². The first-order valence-electron chi connectivity index (χ1n) is 4.36. The molecule has 0 heterocycles. The van der Waals surface area contributed by atoms with Gasteiger partial charge in [-0.2, -0.15) is 0 Å². The Labute approximate surface area is 74.4 Å². The van der Waals surface area contributed by atoms with Crippen LogP contribution >= 0.6 is 0 Å². The van der Waals surface area contributed by atoms with E-state index < -0.39 is 0 Å². The van der Waals surface area contributed by atoms with Crippen LogP contribution in [0.1, 0.15) is 19.4 Å². The molecule has 0 amide bonds. The Morgan fingerprint density at radius 3 is 2.42 bits per heavy atom. The Kier molecular flexibility index (Phi) is 3.65. The molecule has 0 aromatic heterocycles. The first kappa shape index (κ1) is 9.11. The molecule has 1 aromatic rings. The van der Waals surface area contributed by atoms with E-state index in [0.717, 1.165) is 18.8 Å². The predicted molar refractivity (Wildman–Crippen MR) is 51.3 cm³/mol. The molecule has 0 aliphatic rings. The van der Waals surface area contributed by atoms with Crippen LogP contribution in [0, 0.1) is 6.42 Å². The van der Waals surface area contributed by atoms with Gasteiger partial charge < -0.3 is 4.74 Å². The molecule has 0 unspecified atom stereocenters. The van der Waals surface area contributed by atoms with Gasteiger partial charge in [0, 0.05) is 0 Å². The van der Waals surface area contributed by atoms with Crippen LogP contribution < -0.4 is 4.74 Å². The van der Waals surface area contributed by atoms with Gasteiger partial charge in [-0.3, -0.25) is 0 Å². The lowest BCUT2D eigenvalue weighted by Gasteiger charge is -2.03. The van der Waals surface area contributed by atoms with Crippen molar-refractivity contribution in [3.63, 3.8) is 0 Å². The van der Waals surface area contributed by atoms with Gasteiger partial charge in [0.2, 0.25) is 0 Å². The summed E-state index contributed by atoms with van der Waals surface area (Å²) in [5, 5.41) is 0. The Morgan fingerprint density at radius 2 is 1.92 bits per heavy atom. The maximum Gasteiger partial charge on any atom is 0.119 e. The van der Waals surface area contributed by atoms with Crippen LogP contribution in [0.25, 0.3) is 0 Å². The highest BCUT2D eigenvalue weighted by Gasteiger charge is 1.92. The summed E-state index contributed by atoms with van der Waals surface area (Å²) in [6, 6.07) is 8.24. The average molecular weight is 163 g/mol. The van der Waals surface area contributed by atoms with Gasteiger partial charge in [0.15, 0.2) is 0 Å². The molecule has 0 fully saturated rings. The van der Waals surface area contributed by atoms with Crippen molar-refractivity contribution in [3.05, 3.63) is 36.2 Å². The maximum absolute atomic E-state index is 5.33. The van der Waals surface area contributed by atoms with Crippen LogP contribution in [0.5, 0.6) is 5.75 Å². The summed E-state index contributed by atoms with van der Waals surface area (Å²) in [6.45, 7) is 4.80. The highest BCUT2D eigenvalue weighted by molar-refractivity contribution is 5.27. The summed E-state index contributed by atoms with van der Waals surface area (Å²) >= 11 is 0. The quantitative estimate of drug-likeness (QED) is 0.663. The molecule has 0 atom stereocenters. The minimum absolute atomic E-state index is 0.735. The van der Waals surface area contributed by atoms with E-state index in [-0.39, 0.29) is 0 Å². The van der Waals surface area contributed by atoms with Crippen LogP contribution in [0.3, 0.4) is 0 Å². The third-order valence-electron chi connectivity index (χ3n) is 1.67. The van der Waals surface area contributed by atoms with Gasteiger partial charge in [-0.15, -0.1) is 0 Å². The number of hydrogen-bond acceptors (Lipinski definition) is 1. The molecular weight excluding hydrogens is 148 g/mol. The minimum Gasteiger partial charge on any atom is -0.494 e. The summed E-state index contributed by atoms with van der Waals surface area (Å²) in [5.41, 5.74) is 1.33. The van der Waals surface area contributed by atoms with E-state index in [1.807, 2.05) is 19.1 Å². The Bertz CT molecular complexity index is 188. The highest BCUT2D eigenvalue weighted by atomic mass is 16.5. The second kappa shape index (κ2) is 4.81. The van der Waals surface area contributed by atoms with E-state index in [4.69, 9.17) is 4.74 Å². The Morgan fingerprint density at radius 1 is 1.25 bits per heavy atom. The lowest BCUT2D eigenvalue weighted by Crippen LogP contribution is -1.91. The second-order valence-corrected chi connectivity index (χ2v) is 2.69. The van der Waals surface area contributed by atoms with Crippen LogP contribution in [0.2, 0.25) is 0 Å². The molecule has 1 rings (SSSR count). The monoisotopic (exact) mass is 163 g/mol. The molecule has 0 aliphatic carbocycles. The summed E-state index contributed by atoms with van der Waals surface area (Å²) in [4.78, 5) is 0. The fourth-order valence-electron chi connectivity index (χ4n) is 1.12. The summed E-state index contributed by atoms with van der Waals surface area (Å²) in [7, 11) is 0. The van der Waals surface area contributed by atoms with Gasteiger partial charge in [-0.05, 0) is 37.5 Å². The van der Waals surface area contributed by atoms with E-state index in [1.54, 1.807) is 0 Å². The molecule has 0 aliphatic heterocycles. The van der Waals surface area contributed by atoms with E-state index in [1.165, 1.54) is 5.56 Å². The zero-order valence-corrected chi connectivity index (χ0v) is 7.71. The summed E-state index contributed by atoms with van der Waals surface area (Å²) in [6.07, 6.45) is 3.18. The first-order chi connectivity index (χ1) is 5.86. The lowest BCUT2D eigenvalue weighted by atomic mass is 10.1. The van der Waals surface area contributed by atoms with Gasteiger partial charge in [0.25, 0.3) is 0 Å². The molecule has 0 saturated carbocycles. The molecule has 0 spiro atoms. The zero-order chi connectivity index (χ0) is 8.81. The maximum atomic E-state index is 5.33. The van der Waals surface area contributed by atoms with Gasteiger partial charge in [0.05, 0.1) is 6.61 Å². The third-order valence-corrected chi connectivity index (χ3v) is 1.67. The fourth-order valence-corrected chi connectivity index (χ4v) is 1.12. The lowest BCUT2D eigenvalue weighted by molar-refractivity contribution is 0.340. The van der Waals surface area contributed by atoms with Crippen LogP contribution in [0.15, 0.2) is 24.3 Å². The molecule has 0 saturated heterocycles. The van der Waals surface area contributed by atoms with Crippen LogP contribution in [-0.4, -0.2) is 6.61 Å². The van der Waals surface area contributed by atoms with Gasteiger partial charge >= 0.3 is 0 Å². The number of ether oxygens (including phenoxy) is 1. The predicted octanol–water partition coefficient (Wildman–Crippen LogP) is 2.85. The van der Waals surface area contributed by atoms with Gasteiger partial charge in [-0.25, -0.2) is 0 Å². The van der Waals surface area contributed by atoms with Crippen molar-refractivity contribution in [2.24, 2.45) is 0 Å². The Hall–Kier alpha value is -0.980. The van der Waals surface area contributed by atoms with Crippen molar-refractivity contribution in [3.8, 4) is 5.75 Å². The second-order valence-electron chi connectivity index (χ2n) is 2.69. The van der Waals surface area contributed by atoms with Crippen LogP contribution in [-0.2, 0) is 6.42 Å². The molecule has 1 radical (unpaired) electrons. The number of benzene rings is 1. The van der Waals surface area contributed by atoms with Crippen LogP contribution in [0.4, 0.5) is 0 Å². The van der Waals surface area contributed by atoms with Crippen molar-refractivity contribution in [2.75, 3.05) is 6.61 Å². The number of hydrogen-bond donors (Lipinski definition) is 0. The molecule has 0 bridgehead atoms. The van der Waals surface area contributed by atoms with Crippen molar-refractivity contribution in [2.45, 2.75) is 20.3 Å². The van der Waals surface area contributed by atoms with Gasteiger partial charge in [-0.1, -0.05) is 19.1 Å². The largest absolute Gasteiger partial charge is 0.494 e. The number of rotatable bonds is 4. The first-order valence-corrected chi connectivity index (χ1v) is 4.36. The van der Waals surface area contributed by atoms with Crippen molar-refractivity contribution >= 4 is 0 Å². The molecular formula is C11H15O. The Balaban J connectivity index is 2.58. The van der Waals surface area contributed by atoms with E-state index >= 15 is 0 Å². The van der Waals surface area contributed by atoms with E-state index in [2.05, 4.69) is 25.5 Å². The molecule has 1 aromatic carbocycles. The standard InChI is InChI=1S/C11H15O/c1-3-5-10-6-8-11(9-7-10)12-4-2/h3,6-9H,4-5H2,1-2H3. The molecule has 12 heavy (non-hydrogen) atoms. The highest BCUT2D eigenvalue weighted by Crippen LogP contribution is 2.12. The third kappa shape index (κ3) is 2.57. The van der Waals surface area contributed by atoms with E-state index in [9.17, 15) is 0 Å². The minimum atomic E-state index is 0.735. The van der Waals surface area contributed by atoms with Crippen molar-refractivity contribution in [1.29, 1.82) is 0 Å². The van der Waals surface area contributed by atoms with E-state index in [0.29, 0.717) is 0 Å². The average Bonchev–Trinajstić information content (AvgIpc) is 2.09. The SMILES string of the molecule is C[CH]Cc1ccc(OCC)cc1.